The van der Waals surface area contributed by atoms with Crippen molar-refractivity contribution in [1.29, 1.82) is 0 Å². The molecule has 3 rings (SSSR count). The number of hydrazone groups is 1. The summed E-state index contributed by atoms with van der Waals surface area (Å²) in [5.74, 6) is -0.587. The molecule has 3 N–H and O–H groups in total. The first kappa shape index (κ1) is 18.9. The van der Waals surface area contributed by atoms with Gasteiger partial charge in [0.15, 0.2) is 0 Å². The Kier molecular flexibility index (Phi) is 6.05. The Hall–Kier alpha value is -2.90. The van der Waals surface area contributed by atoms with Gasteiger partial charge in [0, 0.05) is 5.02 Å². The number of benzene rings is 2. The van der Waals surface area contributed by atoms with E-state index in [1.807, 2.05) is 30.3 Å². The minimum atomic E-state index is -0.842. The van der Waals surface area contributed by atoms with Gasteiger partial charge in [0.25, 0.3) is 5.91 Å². The third-order valence-electron chi connectivity index (χ3n) is 3.60. The maximum absolute atomic E-state index is 12.2. The number of rotatable bonds is 5. The smallest absolute Gasteiger partial charge is 0.252 e. The Bertz CT molecular complexity index is 915. The lowest BCUT2D eigenvalue weighted by Crippen LogP contribution is -2.35. The van der Waals surface area contributed by atoms with Crippen LogP contribution in [0.25, 0.3) is 0 Å². The van der Waals surface area contributed by atoms with E-state index in [0.717, 1.165) is 5.56 Å². The van der Waals surface area contributed by atoms with Gasteiger partial charge in [0.05, 0.1) is 23.3 Å². The number of carbonyl (C=O) groups excluding carboxylic acids is 2. The van der Waals surface area contributed by atoms with E-state index in [2.05, 4.69) is 26.2 Å². The molecule has 0 spiro atoms. The van der Waals surface area contributed by atoms with Crippen molar-refractivity contribution in [2.75, 3.05) is 5.32 Å². The second-order valence-electron chi connectivity index (χ2n) is 5.64. The van der Waals surface area contributed by atoms with E-state index < -0.39 is 11.9 Å². The van der Waals surface area contributed by atoms with Crippen molar-refractivity contribution >= 4 is 52.9 Å². The third kappa shape index (κ3) is 5.29. The van der Waals surface area contributed by atoms with Crippen LogP contribution >= 0.6 is 23.2 Å². The van der Waals surface area contributed by atoms with Gasteiger partial charge in [0.2, 0.25) is 11.9 Å². The fourth-order valence-electron chi connectivity index (χ4n) is 2.32. The molecule has 0 saturated heterocycles. The van der Waals surface area contributed by atoms with Crippen molar-refractivity contribution in [2.45, 2.75) is 12.5 Å². The maximum Gasteiger partial charge on any atom is 0.252 e. The molecule has 0 unspecified atom stereocenters. The van der Waals surface area contributed by atoms with Gasteiger partial charge in [-0.3, -0.25) is 14.9 Å². The molecule has 0 fully saturated rings. The van der Waals surface area contributed by atoms with Gasteiger partial charge in [-0.2, -0.15) is 5.10 Å². The Labute approximate surface area is 165 Å². The summed E-state index contributed by atoms with van der Waals surface area (Å²) in [7, 11) is 0. The first-order valence-corrected chi connectivity index (χ1v) is 8.74. The quantitative estimate of drug-likeness (QED) is 0.528. The molecule has 1 aliphatic rings. The Morgan fingerprint density at radius 1 is 1.22 bits per heavy atom. The van der Waals surface area contributed by atoms with Crippen molar-refractivity contribution < 1.29 is 9.59 Å². The molecular formula is C18H15Cl2N5O2. The highest BCUT2D eigenvalue weighted by Gasteiger charge is 2.28. The van der Waals surface area contributed by atoms with E-state index in [0.29, 0.717) is 15.7 Å². The molecule has 2 aromatic carbocycles. The molecule has 138 valence electrons. The van der Waals surface area contributed by atoms with E-state index in [1.54, 1.807) is 18.3 Å². The minimum Gasteiger partial charge on any atom is -0.325 e. The molecule has 2 amide bonds. The van der Waals surface area contributed by atoms with Gasteiger partial charge < -0.3 is 5.32 Å². The molecule has 0 radical (unpaired) electrons. The van der Waals surface area contributed by atoms with Crippen LogP contribution in [-0.4, -0.2) is 30.0 Å². The lowest BCUT2D eigenvalue weighted by Gasteiger charge is -2.08. The zero-order valence-electron chi connectivity index (χ0n) is 13.9. The number of guanidine groups is 1. The van der Waals surface area contributed by atoms with Crippen LogP contribution in [0.5, 0.6) is 0 Å². The second-order valence-corrected chi connectivity index (χ2v) is 6.48. The van der Waals surface area contributed by atoms with Gasteiger partial charge in [-0.25, -0.2) is 10.4 Å². The first-order chi connectivity index (χ1) is 13.0. The highest BCUT2D eigenvalue weighted by atomic mass is 35.5. The van der Waals surface area contributed by atoms with E-state index in [-0.39, 0.29) is 18.3 Å². The molecule has 1 aliphatic heterocycles. The van der Waals surface area contributed by atoms with Crippen LogP contribution in [-0.2, 0) is 9.59 Å². The molecule has 0 aromatic heterocycles. The lowest BCUT2D eigenvalue weighted by molar-refractivity contribution is -0.123. The van der Waals surface area contributed by atoms with Crippen LogP contribution in [0.4, 0.5) is 5.69 Å². The van der Waals surface area contributed by atoms with Crippen LogP contribution < -0.4 is 16.1 Å². The summed E-state index contributed by atoms with van der Waals surface area (Å²) in [6, 6.07) is 13.3. The van der Waals surface area contributed by atoms with E-state index >= 15 is 0 Å². The van der Waals surface area contributed by atoms with Gasteiger partial charge in [-0.05, 0) is 23.8 Å². The van der Waals surface area contributed by atoms with Crippen LogP contribution in [0.2, 0.25) is 10.0 Å². The average Bonchev–Trinajstić information content (AvgIpc) is 2.98. The molecule has 1 heterocycles. The van der Waals surface area contributed by atoms with Crippen molar-refractivity contribution in [3.05, 3.63) is 64.1 Å². The molecular weight excluding hydrogens is 389 g/mol. The first-order valence-electron chi connectivity index (χ1n) is 7.99. The Morgan fingerprint density at radius 2 is 2.00 bits per heavy atom. The summed E-state index contributed by atoms with van der Waals surface area (Å²) in [6.07, 6.45) is 1.47. The number of nitrogens with zero attached hydrogens (tertiary/aromatic N) is 2. The zero-order chi connectivity index (χ0) is 19.2. The predicted molar refractivity (Wildman–Crippen MR) is 106 cm³/mol. The lowest BCUT2D eigenvalue weighted by atomic mass is 10.2. The molecule has 2 aromatic rings. The maximum atomic E-state index is 12.2. The summed E-state index contributed by atoms with van der Waals surface area (Å²) in [5.41, 5.74) is 3.96. The summed E-state index contributed by atoms with van der Waals surface area (Å²) in [5, 5.41) is 9.96. The number of halogens is 2. The minimum absolute atomic E-state index is 0.127. The standard InChI is InChI=1S/C18H15Cl2N5O2/c19-12-6-7-14(13(20)8-12)22-16(26)9-15-17(27)24-18(23-15)25-21-10-11-4-2-1-3-5-11/h1-8,10,15H,9H2,(H,22,26)(H2,23,24,25,27)/b21-10+/t15-/m0/s1. The van der Waals surface area contributed by atoms with E-state index in [4.69, 9.17) is 23.2 Å². The van der Waals surface area contributed by atoms with Crippen molar-refractivity contribution in [3.63, 3.8) is 0 Å². The number of nitrogens with one attached hydrogen (secondary N) is 3. The van der Waals surface area contributed by atoms with Gasteiger partial charge in [0.1, 0.15) is 6.04 Å². The normalized spacial score (nSPS) is 16.1. The van der Waals surface area contributed by atoms with Crippen LogP contribution in [0.3, 0.4) is 0 Å². The zero-order valence-corrected chi connectivity index (χ0v) is 15.5. The fraction of sp³-hybridized carbons (Fsp3) is 0.111. The van der Waals surface area contributed by atoms with Crippen molar-refractivity contribution in [2.24, 2.45) is 10.1 Å². The fourth-order valence-corrected chi connectivity index (χ4v) is 2.77. The molecule has 0 bridgehead atoms. The number of carbonyl (C=O) groups is 2. The number of hydrogen-bond donors (Lipinski definition) is 3. The molecule has 9 heteroatoms. The number of anilines is 1. The van der Waals surface area contributed by atoms with E-state index in [9.17, 15) is 9.59 Å². The van der Waals surface area contributed by atoms with Crippen molar-refractivity contribution in [3.8, 4) is 0 Å². The number of aliphatic imine (C=N–C) groups is 1. The van der Waals surface area contributed by atoms with Gasteiger partial charge in [-0.1, -0.05) is 53.5 Å². The second kappa shape index (κ2) is 8.66. The number of hydrogen-bond acceptors (Lipinski definition) is 5. The highest BCUT2D eigenvalue weighted by Crippen LogP contribution is 2.25. The molecule has 7 nitrogen and oxygen atoms in total. The Balaban J connectivity index is 1.55. The summed E-state index contributed by atoms with van der Waals surface area (Å²) >= 11 is 11.8. The SMILES string of the molecule is O=C(C[C@@H]1N=C(N/N=C/c2ccccc2)NC1=O)Nc1ccc(Cl)cc1Cl. The average molecular weight is 404 g/mol. The number of amides is 2. The monoisotopic (exact) mass is 403 g/mol. The molecule has 1 atom stereocenters. The third-order valence-corrected chi connectivity index (χ3v) is 4.14. The van der Waals surface area contributed by atoms with Gasteiger partial charge in [-0.15, -0.1) is 0 Å². The van der Waals surface area contributed by atoms with Crippen LogP contribution in [0.1, 0.15) is 12.0 Å². The summed E-state index contributed by atoms with van der Waals surface area (Å²) in [4.78, 5) is 28.3. The topological polar surface area (TPSA) is 94.9 Å². The molecule has 0 aliphatic carbocycles. The molecule has 0 saturated carbocycles. The van der Waals surface area contributed by atoms with Gasteiger partial charge >= 0.3 is 0 Å². The summed E-state index contributed by atoms with van der Waals surface area (Å²) < 4.78 is 0. The highest BCUT2D eigenvalue weighted by molar-refractivity contribution is 6.36. The Morgan fingerprint density at radius 3 is 2.74 bits per heavy atom. The van der Waals surface area contributed by atoms with Crippen LogP contribution in [0, 0.1) is 0 Å². The van der Waals surface area contributed by atoms with E-state index in [1.165, 1.54) is 6.07 Å². The molecule has 27 heavy (non-hydrogen) atoms. The largest absolute Gasteiger partial charge is 0.325 e. The van der Waals surface area contributed by atoms with Crippen LogP contribution in [0.15, 0.2) is 58.6 Å². The van der Waals surface area contributed by atoms with Crippen molar-refractivity contribution in [1.82, 2.24) is 10.7 Å². The predicted octanol–water partition coefficient (Wildman–Crippen LogP) is 2.80. The summed E-state index contributed by atoms with van der Waals surface area (Å²) in [6.45, 7) is 0.